The number of hydrogen-bond acceptors (Lipinski definition) is 6. The third-order valence-electron chi connectivity index (χ3n) is 5.59. The maximum absolute atomic E-state index is 13.0. The molecule has 148 valence electrons. The van der Waals surface area contributed by atoms with E-state index in [4.69, 9.17) is 4.98 Å². The van der Waals surface area contributed by atoms with Crippen molar-refractivity contribution in [2.75, 3.05) is 24.5 Å². The second-order valence-electron chi connectivity index (χ2n) is 7.90. The number of carbonyl (C=O) groups excluding carboxylic acids is 1. The van der Waals surface area contributed by atoms with E-state index in [0.29, 0.717) is 25.1 Å². The van der Waals surface area contributed by atoms with Gasteiger partial charge in [-0.3, -0.25) is 4.79 Å². The lowest BCUT2D eigenvalue weighted by molar-refractivity contribution is 0.0730. The second kappa shape index (κ2) is 7.30. The first-order valence-corrected chi connectivity index (χ1v) is 9.89. The molecule has 7 heteroatoms. The first kappa shape index (κ1) is 18.5. The Morgan fingerprint density at radius 1 is 1.11 bits per heavy atom. The van der Waals surface area contributed by atoms with Crippen molar-refractivity contribution in [1.29, 1.82) is 0 Å². The van der Waals surface area contributed by atoms with E-state index in [0.717, 1.165) is 30.3 Å². The summed E-state index contributed by atoms with van der Waals surface area (Å²) in [5.74, 6) is 0.406. The zero-order valence-electron chi connectivity index (χ0n) is 16.4. The van der Waals surface area contributed by atoms with Crippen molar-refractivity contribution in [2.45, 2.75) is 45.6 Å². The number of nitrogens with zero attached hydrogens (tertiary/aromatic N) is 4. The van der Waals surface area contributed by atoms with Gasteiger partial charge in [0.2, 0.25) is 5.95 Å². The molecule has 0 bridgehead atoms. The van der Waals surface area contributed by atoms with Crippen LogP contribution in [0.3, 0.4) is 0 Å². The molecule has 0 radical (unpaired) electrons. The molecule has 0 unspecified atom stereocenters. The summed E-state index contributed by atoms with van der Waals surface area (Å²) >= 11 is 0. The van der Waals surface area contributed by atoms with Crippen LogP contribution in [0.1, 0.15) is 59.8 Å². The highest BCUT2D eigenvalue weighted by Crippen LogP contribution is 2.33. The van der Waals surface area contributed by atoms with Crippen molar-refractivity contribution in [1.82, 2.24) is 14.9 Å². The molecule has 0 spiro atoms. The average molecular weight is 382 g/mol. The number of aromatic hydroxyl groups is 2. The van der Waals surface area contributed by atoms with Crippen molar-refractivity contribution in [3.63, 3.8) is 0 Å². The van der Waals surface area contributed by atoms with E-state index in [2.05, 4.69) is 9.88 Å². The number of carbonyl (C=O) groups is 1. The summed E-state index contributed by atoms with van der Waals surface area (Å²) in [6.07, 6.45) is 4.85. The van der Waals surface area contributed by atoms with Gasteiger partial charge in [-0.15, -0.1) is 0 Å². The zero-order chi connectivity index (χ0) is 19.8. The summed E-state index contributed by atoms with van der Waals surface area (Å²) in [6, 6.07) is 2.85. The summed E-state index contributed by atoms with van der Waals surface area (Å²) in [5, 5.41) is 20.2. The largest absolute Gasteiger partial charge is 0.508 e. The van der Waals surface area contributed by atoms with Crippen molar-refractivity contribution >= 4 is 11.9 Å². The number of hydrogen-bond donors (Lipinski definition) is 2. The maximum atomic E-state index is 13.0. The van der Waals surface area contributed by atoms with Gasteiger partial charge in [0.15, 0.2) is 0 Å². The molecule has 0 saturated carbocycles. The number of phenolic OH excluding ortho intramolecular Hbond substituents is 2. The molecule has 2 N–H and O–H groups in total. The molecule has 28 heavy (non-hydrogen) atoms. The molecule has 1 fully saturated rings. The fourth-order valence-corrected chi connectivity index (χ4v) is 3.95. The van der Waals surface area contributed by atoms with Gasteiger partial charge in [0.25, 0.3) is 5.91 Å². The highest BCUT2D eigenvalue weighted by Gasteiger charge is 2.27. The zero-order valence-corrected chi connectivity index (χ0v) is 16.4. The molecule has 3 heterocycles. The molecular formula is C21H26N4O3. The number of rotatable bonds is 3. The van der Waals surface area contributed by atoms with Crippen molar-refractivity contribution in [2.24, 2.45) is 0 Å². The number of amides is 1. The van der Waals surface area contributed by atoms with Crippen LogP contribution in [0, 0.1) is 0 Å². The van der Waals surface area contributed by atoms with Crippen LogP contribution < -0.4 is 4.90 Å². The highest BCUT2D eigenvalue weighted by molar-refractivity contribution is 5.97. The quantitative estimate of drug-likeness (QED) is 0.848. The average Bonchev–Trinajstić information content (AvgIpc) is 3.21. The third kappa shape index (κ3) is 3.37. The first-order chi connectivity index (χ1) is 13.4. The van der Waals surface area contributed by atoms with E-state index in [1.165, 1.54) is 18.9 Å². The predicted octanol–water partition coefficient (Wildman–Crippen LogP) is 2.81. The maximum Gasteiger partial charge on any atom is 0.257 e. The Kier molecular flexibility index (Phi) is 4.83. The number of phenols is 2. The Morgan fingerprint density at radius 2 is 1.86 bits per heavy atom. The van der Waals surface area contributed by atoms with Crippen LogP contribution in [0.5, 0.6) is 11.5 Å². The molecule has 1 aromatic carbocycles. The highest BCUT2D eigenvalue weighted by atomic mass is 16.3. The van der Waals surface area contributed by atoms with Crippen LogP contribution in [0.4, 0.5) is 5.95 Å². The molecule has 1 aromatic heterocycles. The Morgan fingerprint density at radius 3 is 2.57 bits per heavy atom. The van der Waals surface area contributed by atoms with E-state index < -0.39 is 0 Å². The molecule has 2 aliphatic rings. The lowest BCUT2D eigenvalue weighted by atomic mass is 9.97. The lowest BCUT2D eigenvalue weighted by Gasteiger charge is -2.29. The first-order valence-electron chi connectivity index (χ1n) is 9.89. The van der Waals surface area contributed by atoms with Gasteiger partial charge in [0.1, 0.15) is 11.5 Å². The van der Waals surface area contributed by atoms with E-state index in [9.17, 15) is 15.0 Å². The summed E-state index contributed by atoms with van der Waals surface area (Å²) < 4.78 is 0. The molecule has 1 saturated heterocycles. The van der Waals surface area contributed by atoms with E-state index >= 15 is 0 Å². The van der Waals surface area contributed by atoms with Gasteiger partial charge in [-0.1, -0.05) is 13.8 Å². The smallest absolute Gasteiger partial charge is 0.257 e. The number of anilines is 1. The summed E-state index contributed by atoms with van der Waals surface area (Å²) in [7, 11) is 0. The molecule has 4 rings (SSSR count). The Balaban J connectivity index is 1.56. The SMILES string of the molecule is CC(C)c1cc(C(=O)N2CCc3nc(N4CCCC4)ncc3C2)c(O)cc1O. The van der Waals surface area contributed by atoms with Gasteiger partial charge in [-0.05, 0) is 30.4 Å². The van der Waals surface area contributed by atoms with Gasteiger partial charge < -0.3 is 20.0 Å². The molecule has 1 amide bonds. The normalized spacial score (nSPS) is 16.5. The Hall–Kier alpha value is -2.83. The van der Waals surface area contributed by atoms with Crippen molar-refractivity contribution in [3.05, 3.63) is 40.7 Å². The van der Waals surface area contributed by atoms with Crippen LogP contribution in [0.15, 0.2) is 18.3 Å². The van der Waals surface area contributed by atoms with Gasteiger partial charge in [0.05, 0.1) is 11.3 Å². The van der Waals surface area contributed by atoms with E-state index in [1.807, 2.05) is 20.0 Å². The summed E-state index contributed by atoms with van der Waals surface area (Å²) in [4.78, 5) is 26.2. The van der Waals surface area contributed by atoms with Gasteiger partial charge in [-0.25, -0.2) is 9.97 Å². The van der Waals surface area contributed by atoms with E-state index in [1.54, 1.807) is 11.0 Å². The third-order valence-corrected chi connectivity index (χ3v) is 5.59. The second-order valence-corrected chi connectivity index (χ2v) is 7.90. The topological polar surface area (TPSA) is 89.8 Å². The Labute approximate surface area is 164 Å². The fraction of sp³-hybridized carbons (Fsp3) is 0.476. The number of fused-ring (bicyclic) bond motifs is 1. The molecule has 7 nitrogen and oxygen atoms in total. The number of aromatic nitrogens is 2. The number of benzene rings is 1. The summed E-state index contributed by atoms with van der Waals surface area (Å²) in [5.41, 5.74) is 2.82. The predicted molar refractivity (Wildman–Crippen MR) is 106 cm³/mol. The monoisotopic (exact) mass is 382 g/mol. The van der Waals surface area contributed by atoms with Gasteiger partial charge >= 0.3 is 0 Å². The standard InChI is InChI=1S/C21H26N4O3/c1-13(2)15-9-16(19(27)10-18(15)26)20(28)25-8-5-17-14(12-25)11-22-21(23-17)24-6-3-4-7-24/h9-11,13,26-27H,3-8,12H2,1-2H3. The molecule has 2 aromatic rings. The minimum atomic E-state index is -0.242. The molecule has 2 aliphatic heterocycles. The minimum absolute atomic E-state index is 0.0101. The van der Waals surface area contributed by atoms with Crippen LogP contribution >= 0.6 is 0 Å². The van der Waals surface area contributed by atoms with Gasteiger partial charge in [-0.2, -0.15) is 0 Å². The Bertz CT molecular complexity index is 907. The lowest BCUT2D eigenvalue weighted by Crippen LogP contribution is -2.37. The molecule has 0 atom stereocenters. The summed E-state index contributed by atoms with van der Waals surface area (Å²) in [6.45, 7) is 6.84. The van der Waals surface area contributed by atoms with Crippen LogP contribution in [-0.4, -0.2) is 50.6 Å². The van der Waals surface area contributed by atoms with E-state index in [-0.39, 0.29) is 28.9 Å². The van der Waals surface area contributed by atoms with Crippen molar-refractivity contribution in [3.8, 4) is 11.5 Å². The minimum Gasteiger partial charge on any atom is -0.508 e. The van der Waals surface area contributed by atoms with Gasteiger partial charge in [0, 0.05) is 50.4 Å². The molecule has 0 aliphatic carbocycles. The fourth-order valence-electron chi connectivity index (χ4n) is 3.95. The van der Waals surface area contributed by atoms with Crippen LogP contribution in [-0.2, 0) is 13.0 Å². The van der Waals surface area contributed by atoms with Crippen LogP contribution in [0.25, 0.3) is 0 Å². The van der Waals surface area contributed by atoms with Crippen LogP contribution in [0.2, 0.25) is 0 Å². The molecular weight excluding hydrogens is 356 g/mol. The van der Waals surface area contributed by atoms with Crippen molar-refractivity contribution < 1.29 is 15.0 Å².